The third-order valence-electron chi connectivity index (χ3n) is 2.78. The standard InChI is InChI=1S/C15H21NO/c1-11(2)10-16-15(17)13(4)12(3)14-8-6-5-7-9-14/h5-9,11H,10H2,1-4H3,(H,16,17)/b13-12+. The zero-order chi connectivity index (χ0) is 12.8. The molecule has 0 bridgehead atoms. The second kappa shape index (κ2) is 6.24. The summed E-state index contributed by atoms with van der Waals surface area (Å²) in [5.74, 6) is 0.504. The van der Waals surface area contributed by atoms with Gasteiger partial charge in [-0.25, -0.2) is 0 Å². The van der Waals surface area contributed by atoms with Gasteiger partial charge in [-0.15, -0.1) is 0 Å². The molecule has 1 amide bonds. The van der Waals surface area contributed by atoms with E-state index in [9.17, 15) is 4.79 Å². The number of nitrogens with one attached hydrogen (secondary N) is 1. The van der Waals surface area contributed by atoms with Gasteiger partial charge in [0.15, 0.2) is 0 Å². The van der Waals surface area contributed by atoms with Gasteiger partial charge in [-0.2, -0.15) is 0 Å². The molecule has 1 aromatic rings. The Morgan fingerprint density at radius 3 is 2.29 bits per heavy atom. The molecule has 2 heteroatoms. The number of hydrogen-bond acceptors (Lipinski definition) is 1. The van der Waals surface area contributed by atoms with Gasteiger partial charge in [-0.05, 0) is 30.9 Å². The van der Waals surface area contributed by atoms with Gasteiger partial charge >= 0.3 is 0 Å². The summed E-state index contributed by atoms with van der Waals surface area (Å²) in [6, 6.07) is 9.99. The van der Waals surface area contributed by atoms with Gasteiger partial charge in [0, 0.05) is 12.1 Å². The average Bonchev–Trinajstić information content (AvgIpc) is 2.35. The van der Waals surface area contributed by atoms with Crippen LogP contribution in [-0.4, -0.2) is 12.5 Å². The number of carbonyl (C=O) groups is 1. The minimum absolute atomic E-state index is 0.0278. The average molecular weight is 231 g/mol. The molecule has 0 aliphatic carbocycles. The van der Waals surface area contributed by atoms with E-state index in [1.807, 2.05) is 44.2 Å². The molecular weight excluding hydrogens is 210 g/mol. The molecule has 0 radical (unpaired) electrons. The van der Waals surface area contributed by atoms with Crippen molar-refractivity contribution in [2.45, 2.75) is 27.7 Å². The van der Waals surface area contributed by atoms with Crippen molar-refractivity contribution >= 4 is 11.5 Å². The summed E-state index contributed by atoms with van der Waals surface area (Å²) in [5.41, 5.74) is 2.92. The van der Waals surface area contributed by atoms with Gasteiger partial charge in [-0.3, -0.25) is 4.79 Å². The molecule has 0 aliphatic rings. The summed E-state index contributed by atoms with van der Waals surface area (Å²) in [4.78, 5) is 11.9. The molecule has 1 rings (SSSR count). The van der Waals surface area contributed by atoms with Crippen molar-refractivity contribution in [3.05, 3.63) is 41.5 Å². The van der Waals surface area contributed by atoms with Crippen molar-refractivity contribution in [2.75, 3.05) is 6.54 Å². The number of benzene rings is 1. The van der Waals surface area contributed by atoms with Gasteiger partial charge in [-0.1, -0.05) is 44.2 Å². The van der Waals surface area contributed by atoms with Crippen LogP contribution in [0.5, 0.6) is 0 Å². The number of amides is 1. The fourth-order valence-electron chi connectivity index (χ4n) is 1.50. The first kappa shape index (κ1) is 13.5. The Hall–Kier alpha value is -1.57. The predicted octanol–water partition coefficient (Wildman–Crippen LogP) is 3.25. The number of hydrogen-bond donors (Lipinski definition) is 1. The molecule has 17 heavy (non-hydrogen) atoms. The summed E-state index contributed by atoms with van der Waals surface area (Å²) < 4.78 is 0. The van der Waals surface area contributed by atoms with E-state index >= 15 is 0 Å². The SMILES string of the molecule is C/C(C(=O)NCC(C)C)=C(/C)c1ccccc1. The smallest absolute Gasteiger partial charge is 0.247 e. The van der Waals surface area contributed by atoms with E-state index in [0.29, 0.717) is 5.92 Å². The van der Waals surface area contributed by atoms with Crippen LogP contribution in [0.25, 0.3) is 5.57 Å². The summed E-state index contributed by atoms with van der Waals surface area (Å²) in [7, 11) is 0. The van der Waals surface area contributed by atoms with Crippen LogP contribution in [0, 0.1) is 5.92 Å². The highest BCUT2D eigenvalue weighted by molar-refractivity contribution is 6.00. The second-order valence-corrected chi connectivity index (χ2v) is 4.72. The minimum Gasteiger partial charge on any atom is -0.352 e. The van der Waals surface area contributed by atoms with E-state index in [0.717, 1.165) is 23.3 Å². The van der Waals surface area contributed by atoms with Crippen LogP contribution >= 0.6 is 0 Å². The zero-order valence-corrected chi connectivity index (χ0v) is 11.1. The molecule has 0 unspecified atom stereocenters. The van der Waals surface area contributed by atoms with Crippen LogP contribution in [-0.2, 0) is 4.79 Å². The summed E-state index contributed by atoms with van der Waals surface area (Å²) >= 11 is 0. The number of allylic oxidation sites excluding steroid dienone is 1. The first-order valence-electron chi connectivity index (χ1n) is 6.03. The van der Waals surface area contributed by atoms with Crippen molar-refractivity contribution in [1.29, 1.82) is 0 Å². The molecule has 0 spiro atoms. The lowest BCUT2D eigenvalue weighted by Gasteiger charge is -2.10. The van der Waals surface area contributed by atoms with Crippen LogP contribution < -0.4 is 5.32 Å². The number of carbonyl (C=O) groups excluding carboxylic acids is 1. The van der Waals surface area contributed by atoms with Crippen molar-refractivity contribution in [1.82, 2.24) is 5.32 Å². The molecule has 0 aliphatic heterocycles. The number of rotatable bonds is 4. The summed E-state index contributed by atoms with van der Waals surface area (Å²) in [6.45, 7) is 8.75. The molecule has 0 fully saturated rings. The third-order valence-corrected chi connectivity index (χ3v) is 2.78. The van der Waals surface area contributed by atoms with Crippen LogP contribution in [0.1, 0.15) is 33.3 Å². The van der Waals surface area contributed by atoms with Gasteiger partial charge in [0.2, 0.25) is 5.91 Å². The van der Waals surface area contributed by atoms with E-state index in [4.69, 9.17) is 0 Å². The highest BCUT2D eigenvalue weighted by Crippen LogP contribution is 2.17. The predicted molar refractivity (Wildman–Crippen MR) is 72.6 cm³/mol. The van der Waals surface area contributed by atoms with Crippen molar-refractivity contribution in [3.8, 4) is 0 Å². The normalized spacial score (nSPS) is 12.3. The Morgan fingerprint density at radius 2 is 1.76 bits per heavy atom. The fraction of sp³-hybridized carbons (Fsp3) is 0.400. The second-order valence-electron chi connectivity index (χ2n) is 4.72. The molecule has 1 aromatic carbocycles. The maximum atomic E-state index is 11.9. The lowest BCUT2D eigenvalue weighted by Crippen LogP contribution is -2.28. The molecule has 1 N–H and O–H groups in total. The van der Waals surface area contributed by atoms with E-state index < -0.39 is 0 Å². The quantitative estimate of drug-likeness (QED) is 0.792. The first-order valence-corrected chi connectivity index (χ1v) is 6.03. The maximum absolute atomic E-state index is 11.9. The lowest BCUT2D eigenvalue weighted by molar-refractivity contribution is -0.117. The Bertz CT molecular complexity index is 404. The molecule has 2 nitrogen and oxygen atoms in total. The van der Waals surface area contributed by atoms with Crippen molar-refractivity contribution < 1.29 is 4.79 Å². The van der Waals surface area contributed by atoms with Crippen LogP contribution in [0.2, 0.25) is 0 Å². The topological polar surface area (TPSA) is 29.1 Å². The van der Waals surface area contributed by atoms with Crippen molar-refractivity contribution in [2.24, 2.45) is 5.92 Å². The Kier molecular flexibility index (Phi) is 4.95. The van der Waals surface area contributed by atoms with Crippen LogP contribution in [0.15, 0.2) is 35.9 Å². The Morgan fingerprint density at radius 1 is 1.18 bits per heavy atom. The lowest BCUT2D eigenvalue weighted by atomic mass is 10.0. The highest BCUT2D eigenvalue weighted by Gasteiger charge is 2.08. The van der Waals surface area contributed by atoms with E-state index in [2.05, 4.69) is 19.2 Å². The summed E-state index contributed by atoms with van der Waals surface area (Å²) in [6.07, 6.45) is 0. The first-order chi connectivity index (χ1) is 8.02. The minimum atomic E-state index is 0.0278. The Balaban J connectivity index is 2.79. The van der Waals surface area contributed by atoms with Gasteiger partial charge in [0.05, 0.1) is 0 Å². The van der Waals surface area contributed by atoms with E-state index in [-0.39, 0.29) is 5.91 Å². The molecule has 92 valence electrons. The highest BCUT2D eigenvalue weighted by atomic mass is 16.1. The molecular formula is C15H21NO. The van der Waals surface area contributed by atoms with Gasteiger partial charge in [0.25, 0.3) is 0 Å². The molecule has 0 atom stereocenters. The largest absolute Gasteiger partial charge is 0.352 e. The molecule has 0 saturated heterocycles. The summed E-state index contributed by atoms with van der Waals surface area (Å²) in [5, 5.41) is 2.94. The fourth-order valence-corrected chi connectivity index (χ4v) is 1.50. The van der Waals surface area contributed by atoms with E-state index in [1.165, 1.54) is 0 Å². The molecule has 0 heterocycles. The Labute approximate surface area is 104 Å². The monoisotopic (exact) mass is 231 g/mol. The van der Waals surface area contributed by atoms with Crippen molar-refractivity contribution in [3.63, 3.8) is 0 Å². The molecule has 0 saturated carbocycles. The third kappa shape index (κ3) is 4.06. The molecule has 0 aromatic heterocycles. The van der Waals surface area contributed by atoms with Gasteiger partial charge < -0.3 is 5.32 Å². The van der Waals surface area contributed by atoms with E-state index in [1.54, 1.807) is 0 Å². The zero-order valence-electron chi connectivity index (χ0n) is 11.1. The van der Waals surface area contributed by atoms with Gasteiger partial charge in [0.1, 0.15) is 0 Å². The van der Waals surface area contributed by atoms with Crippen LogP contribution in [0.4, 0.5) is 0 Å². The maximum Gasteiger partial charge on any atom is 0.247 e. The van der Waals surface area contributed by atoms with Crippen LogP contribution in [0.3, 0.4) is 0 Å².